The number of benzene rings is 2. The van der Waals surface area contributed by atoms with E-state index in [0.29, 0.717) is 0 Å². The second kappa shape index (κ2) is 7.09. The van der Waals surface area contributed by atoms with E-state index in [1.165, 1.54) is 22.8 Å². The fraction of sp³-hybridized carbons (Fsp3) is 0.389. The van der Waals surface area contributed by atoms with Crippen molar-refractivity contribution >= 4 is 16.7 Å². The zero-order valence-corrected chi connectivity index (χ0v) is 12.0. The van der Waals surface area contributed by atoms with Crippen molar-refractivity contribution in [3.05, 3.63) is 48.0 Å². The third-order valence-corrected chi connectivity index (χ3v) is 3.84. The molecule has 0 saturated heterocycles. The van der Waals surface area contributed by atoms with Crippen molar-refractivity contribution in [2.24, 2.45) is 0 Å². The van der Waals surface area contributed by atoms with E-state index in [-0.39, 0.29) is 12.3 Å². The van der Waals surface area contributed by atoms with E-state index in [1.54, 1.807) is 0 Å². The molecule has 2 rings (SSSR count). The van der Waals surface area contributed by atoms with Crippen LogP contribution in [0.4, 0.5) is 0 Å². The van der Waals surface area contributed by atoms with Gasteiger partial charge in [0, 0.05) is 0 Å². The Hall–Kier alpha value is -1.83. The van der Waals surface area contributed by atoms with Gasteiger partial charge in [-0.1, -0.05) is 68.7 Å². The molecule has 1 atom stereocenters. The van der Waals surface area contributed by atoms with Crippen molar-refractivity contribution < 1.29 is 9.90 Å². The molecule has 0 bridgehead atoms. The molecule has 0 amide bonds. The van der Waals surface area contributed by atoms with Gasteiger partial charge in [-0.3, -0.25) is 4.79 Å². The van der Waals surface area contributed by atoms with Crippen LogP contribution in [0, 0.1) is 0 Å². The minimum absolute atomic E-state index is 0.116. The first kappa shape index (κ1) is 14.6. The van der Waals surface area contributed by atoms with Crippen molar-refractivity contribution in [1.82, 2.24) is 0 Å². The summed E-state index contributed by atoms with van der Waals surface area (Å²) in [7, 11) is 0. The van der Waals surface area contributed by atoms with Gasteiger partial charge in [-0.25, -0.2) is 0 Å². The standard InChI is InChI=1S/C18H22O2/c1-2-3-4-9-15(13-18(19)20)17-12-7-10-14-8-5-6-11-16(14)17/h5-8,10-12,15H,2-4,9,13H2,1H3,(H,19,20). The molecular weight excluding hydrogens is 248 g/mol. The number of hydrogen-bond acceptors (Lipinski definition) is 1. The number of carbonyl (C=O) groups is 1. The molecule has 2 aromatic carbocycles. The van der Waals surface area contributed by atoms with Crippen LogP contribution in [0.2, 0.25) is 0 Å². The average Bonchev–Trinajstić information content (AvgIpc) is 2.45. The van der Waals surface area contributed by atoms with Crippen molar-refractivity contribution in [2.45, 2.75) is 44.9 Å². The molecule has 20 heavy (non-hydrogen) atoms. The van der Waals surface area contributed by atoms with Crippen molar-refractivity contribution in [1.29, 1.82) is 0 Å². The summed E-state index contributed by atoms with van der Waals surface area (Å²) in [5.74, 6) is -0.593. The zero-order valence-electron chi connectivity index (χ0n) is 12.0. The molecule has 2 nitrogen and oxygen atoms in total. The van der Waals surface area contributed by atoms with Gasteiger partial charge < -0.3 is 5.11 Å². The Balaban J connectivity index is 2.31. The molecule has 0 fully saturated rings. The average molecular weight is 270 g/mol. The fourth-order valence-corrected chi connectivity index (χ4v) is 2.83. The van der Waals surface area contributed by atoms with E-state index in [1.807, 2.05) is 18.2 Å². The van der Waals surface area contributed by atoms with Gasteiger partial charge >= 0.3 is 5.97 Å². The highest BCUT2D eigenvalue weighted by Gasteiger charge is 2.17. The number of hydrogen-bond donors (Lipinski definition) is 1. The van der Waals surface area contributed by atoms with E-state index in [2.05, 4.69) is 31.2 Å². The number of unbranched alkanes of at least 4 members (excludes halogenated alkanes) is 2. The van der Waals surface area contributed by atoms with E-state index >= 15 is 0 Å². The first-order valence-electron chi connectivity index (χ1n) is 7.41. The van der Waals surface area contributed by atoms with Crippen LogP contribution < -0.4 is 0 Å². The van der Waals surface area contributed by atoms with Gasteiger partial charge in [0.05, 0.1) is 6.42 Å². The maximum absolute atomic E-state index is 11.2. The summed E-state index contributed by atoms with van der Waals surface area (Å²) < 4.78 is 0. The summed E-state index contributed by atoms with van der Waals surface area (Å²) >= 11 is 0. The first-order chi connectivity index (χ1) is 9.72. The molecule has 2 aromatic rings. The van der Waals surface area contributed by atoms with Crippen LogP contribution >= 0.6 is 0 Å². The largest absolute Gasteiger partial charge is 0.481 e. The summed E-state index contributed by atoms with van der Waals surface area (Å²) in [6, 6.07) is 14.4. The molecular formula is C18H22O2. The zero-order chi connectivity index (χ0) is 14.4. The second-order valence-corrected chi connectivity index (χ2v) is 5.36. The quantitative estimate of drug-likeness (QED) is 0.720. The predicted octanol–water partition coefficient (Wildman–Crippen LogP) is 4.98. The molecule has 0 heterocycles. The summed E-state index contributed by atoms with van der Waals surface area (Å²) in [5, 5.41) is 11.6. The Labute approximate surface area is 120 Å². The van der Waals surface area contributed by atoms with Crippen molar-refractivity contribution in [3.8, 4) is 0 Å². The molecule has 106 valence electrons. The van der Waals surface area contributed by atoms with E-state index in [9.17, 15) is 9.90 Å². The molecule has 1 unspecified atom stereocenters. The molecule has 0 spiro atoms. The smallest absolute Gasteiger partial charge is 0.303 e. The van der Waals surface area contributed by atoms with Crippen LogP contribution in [0.25, 0.3) is 10.8 Å². The Morgan fingerprint density at radius 3 is 2.60 bits per heavy atom. The van der Waals surface area contributed by atoms with Gasteiger partial charge in [-0.2, -0.15) is 0 Å². The predicted molar refractivity (Wildman–Crippen MR) is 83.1 cm³/mol. The van der Waals surface area contributed by atoms with Crippen molar-refractivity contribution in [3.63, 3.8) is 0 Å². The third kappa shape index (κ3) is 3.60. The molecule has 1 N–H and O–H groups in total. The number of aliphatic carboxylic acids is 1. The van der Waals surface area contributed by atoms with Crippen LogP contribution in [0.15, 0.2) is 42.5 Å². The minimum Gasteiger partial charge on any atom is -0.481 e. The lowest BCUT2D eigenvalue weighted by Crippen LogP contribution is -2.07. The van der Waals surface area contributed by atoms with Gasteiger partial charge in [-0.05, 0) is 28.7 Å². The molecule has 0 aliphatic rings. The van der Waals surface area contributed by atoms with Crippen LogP contribution in [0.1, 0.15) is 50.5 Å². The monoisotopic (exact) mass is 270 g/mol. The lowest BCUT2D eigenvalue weighted by atomic mass is 9.87. The highest BCUT2D eigenvalue weighted by molar-refractivity contribution is 5.86. The van der Waals surface area contributed by atoms with Crippen LogP contribution in [-0.2, 0) is 4.79 Å². The van der Waals surface area contributed by atoms with Crippen LogP contribution in [0.5, 0.6) is 0 Å². The Kier molecular flexibility index (Phi) is 5.16. The van der Waals surface area contributed by atoms with Gasteiger partial charge in [0.25, 0.3) is 0 Å². The fourth-order valence-electron chi connectivity index (χ4n) is 2.83. The van der Waals surface area contributed by atoms with Gasteiger partial charge in [0.1, 0.15) is 0 Å². The number of carboxylic acid groups (broad SMARTS) is 1. The van der Waals surface area contributed by atoms with Gasteiger partial charge in [0.2, 0.25) is 0 Å². The molecule has 0 aromatic heterocycles. The van der Waals surface area contributed by atoms with E-state index < -0.39 is 5.97 Å². The third-order valence-electron chi connectivity index (χ3n) is 3.84. The summed E-state index contributed by atoms with van der Waals surface area (Å²) in [6.45, 7) is 2.17. The van der Waals surface area contributed by atoms with Crippen molar-refractivity contribution in [2.75, 3.05) is 0 Å². The normalized spacial score (nSPS) is 12.4. The lowest BCUT2D eigenvalue weighted by Gasteiger charge is -2.17. The second-order valence-electron chi connectivity index (χ2n) is 5.36. The molecule has 0 aliphatic heterocycles. The Morgan fingerprint density at radius 1 is 1.10 bits per heavy atom. The SMILES string of the molecule is CCCCCC(CC(=O)O)c1cccc2ccccc12. The van der Waals surface area contributed by atoms with Gasteiger partial charge in [0.15, 0.2) is 0 Å². The highest BCUT2D eigenvalue weighted by atomic mass is 16.4. The summed E-state index contributed by atoms with van der Waals surface area (Å²) in [5.41, 5.74) is 1.18. The summed E-state index contributed by atoms with van der Waals surface area (Å²) in [6.07, 6.45) is 4.60. The van der Waals surface area contributed by atoms with Crippen LogP contribution in [0.3, 0.4) is 0 Å². The summed E-state index contributed by atoms with van der Waals surface area (Å²) in [4.78, 5) is 11.2. The van der Waals surface area contributed by atoms with E-state index in [0.717, 1.165) is 19.3 Å². The molecule has 0 radical (unpaired) electrons. The van der Waals surface area contributed by atoms with E-state index in [4.69, 9.17) is 0 Å². The minimum atomic E-state index is -0.709. The maximum Gasteiger partial charge on any atom is 0.303 e. The topological polar surface area (TPSA) is 37.3 Å². The van der Waals surface area contributed by atoms with Crippen LogP contribution in [-0.4, -0.2) is 11.1 Å². The first-order valence-corrected chi connectivity index (χ1v) is 7.41. The Morgan fingerprint density at radius 2 is 1.85 bits per heavy atom. The number of fused-ring (bicyclic) bond motifs is 1. The molecule has 0 aliphatic carbocycles. The van der Waals surface area contributed by atoms with Gasteiger partial charge in [-0.15, -0.1) is 0 Å². The Bertz CT molecular complexity index is 569. The molecule has 2 heteroatoms. The molecule has 0 saturated carbocycles. The maximum atomic E-state index is 11.2. The number of carboxylic acids is 1. The number of rotatable bonds is 7. The highest BCUT2D eigenvalue weighted by Crippen LogP contribution is 2.31. The lowest BCUT2D eigenvalue weighted by molar-refractivity contribution is -0.137.